The van der Waals surface area contributed by atoms with E-state index in [9.17, 15) is 4.79 Å². The number of rotatable bonds is 5. The number of hydrogen-bond donors (Lipinski definition) is 0. The summed E-state index contributed by atoms with van der Waals surface area (Å²) in [6.07, 6.45) is 2.05. The van der Waals surface area contributed by atoms with Crippen molar-refractivity contribution in [3.8, 4) is 0 Å². The highest BCUT2D eigenvalue weighted by atomic mass is 16.2. The molecule has 138 valence electrons. The normalized spacial score (nSPS) is 14.4. The summed E-state index contributed by atoms with van der Waals surface area (Å²) in [5, 5.41) is 0. The highest BCUT2D eigenvalue weighted by Gasteiger charge is 2.18. The Morgan fingerprint density at radius 3 is 2.04 bits per heavy atom. The zero-order chi connectivity index (χ0) is 18.5. The molecule has 2 aromatic rings. The van der Waals surface area contributed by atoms with Gasteiger partial charge in [0, 0.05) is 46.5 Å². The van der Waals surface area contributed by atoms with Crippen LogP contribution in [0.1, 0.15) is 16.7 Å². The van der Waals surface area contributed by atoms with E-state index >= 15 is 0 Å². The Balaban J connectivity index is 1.53. The standard InChI is InChI=1S/C22H29N3O/c1-23(2)21-10-8-18(9-11-21)16-24(3)22(26)17-25-14-12-19-6-4-5-7-20(19)13-15-25/h4-11H,12-17H2,1-3H3. The summed E-state index contributed by atoms with van der Waals surface area (Å²) in [4.78, 5) is 18.9. The van der Waals surface area contributed by atoms with Gasteiger partial charge >= 0.3 is 0 Å². The van der Waals surface area contributed by atoms with Gasteiger partial charge in [-0.15, -0.1) is 0 Å². The monoisotopic (exact) mass is 351 g/mol. The minimum atomic E-state index is 0.188. The SMILES string of the molecule is CN(Cc1ccc(N(C)C)cc1)C(=O)CN1CCc2ccccc2CC1. The van der Waals surface area contributed by atoms with Crippen LogP contribution in [-0.2, 0) is 24.2 Å². The molecule has 0 atom stereocenters. The molecule has 0 saturated heterocycles. The number of nitrogens with zero attached hydrogens (tertiary/aromatic N) is 3. The van der Waals surface area contributed by atoms with Crippen molar-refractivity contribution in [3.05, 3.63) is 65.2 Å². The summed E-state index contributed by atoms with van der Waals surface area (Å²) in [5.74, 6) is 0.188. The Hall–Kier alpha value is -2.33. The van der Waals surface area contributed by atoms with Crippen molar-refractivity contribution < 1.29 is 4.79 Å². The summed E-state index contributed by atoms with van der Waals surface area (Å²) in [6, 6.07) is 17.0. The van der Waals surface area contributed by atoms with Crippen LogP contribution in [0.3, 0.4) is 0 Å². The van der Waals surface area contributed by atoms with Crippen LogP contribution < -0.4 is 4.90 Å². The molecule has 26 heavy (non-hydrogen) atoms. The third kappa shape index (κ3) is 4.64. The van der Waals surface area contributed by atoms with Gasteiger partial charge in [-0.3, -0.25) is 9.69 Å². The minimum absolute atomic E-state index is 0.188. The fraction of sp³-hybridized carbons (Fsp3) is 0.409. The zero-order valence-corrected chi connectivity index (χ0v) is 16.1. The first-order valence-corrected chi connectivity index (χ1v) is 9.32. The van der Waals surface area contributed by atoms with Crippen molar-refractivity contribution in [1.29, 1.82) is 0 Å². The van der Waals surface area contributed by atoms with E-state index in [-0.39, 0.29) is 5.91 Å². The molecule has 0 spiro atoms. The number of fused-ring (bicyclic) bond motifs is 1. The number of anilines is 1. The van der Waals surface area contributed by atoms with E-state index < -0.39 is 0 Å². The first kappa shape index (κ1) is 18.5. The third-order valence-electron chi connectivity index (χ3n) is 5.17. The van der Waals surface area contributed by atoms with Crippen LogP contribution in [0.15, 0.2) is 48.5 Å². The average Bonchev–Trinajstić information content (AvgIpc) is 2.85. The zero-order valence-electron chi connectivity index (χ0n) is 16.1. The Morgan fingerprint density at radius 2 is 1.50 bits per heavy atom. The Morgan fingerprint density at radius 1 is 0.923 bits per heavy atom. The fourth-order valence-electron chi connectivity index (χ4n) is 3.45. The van der Waals surface area contributed by atoms with E-state index in [4.69, 9.17) is 0 Å². The lowest BCUT2D eigenvalue weighted by molar-refractivity contribution is -0.131. The molecule has 0 radical (unpaired) electrons. The van der Waals surface area contributed by atoms with Gasteiger partial charge in [-0.25, -0.2) is 0 Å². The maximum atomic E-state index is 12.7. The van der Waals surface area contributed by atoms with Crippen LogP contribution in [0, 0.1) is 0 Å². The maximum Gasteiger partial charge on any atom is 0.236 e. The van der Waals surface area contributed by atoms with Crippen molar-refractivity contribution in [2.24, 2.45) is 0 Å². The molecule has 2 aromatic carbocycles. The number of carbonyl (C=O) groups is 1. The molecule has 1 amide bonds. The van der Waals surface area contributed by atoms with E-state index in [2.05, 4.69) is 58.3 Å². The van der Waals surface area contributed by atoms with Crippen LogP contribution in [0.25, 0.3) is 0 Å². The van der Waals surface area contributed by atoms with Gasteiger partial charge in [-0.1, -0.05) is 36.4 Å². The Labute approximate surface area is 157 Å². The number of likely N-dealkylation sites (N-methyl/N-ethyl adjacent to an activating group) is 1. The van der Waals surface area contributed by atoms with Crippen LogP contribution >= 0.6 is 0 Å². The van der Waals surface area contributed by atoms with Crippen LogP contribution in [-0.4, -0.2) is 56.5 Å². The van der Waals surface area contributed by atoms with Crippen LogP contribution in [0.4, 0.5) is 5.69 Å². The van der Waals surface area contributed by atoms with Gasteiger partial charge in [0.2, 0.25) is 5.91 Å². The quantitative estimate of drug-likeness (QED) is 0.829. The molecule has 4 heteroatoms. The van der Waals surface area contributed by atoms with Crippen molar-refractivity contribution in [3.63, 3.8) is 0 Å². The average molecular weight is 351 g/mol. The van der Waals surface area contributed by atoms with Crippen molar-refractivity contribution in [2.45, 2.75) is 19.4 Å². The molecule has 0 N–H and O–H groups in total. The van der Waals surface area contributed by atoms with Crippen LogP contribution in [0.2, 0.25) is 0 Å². The van der Waals surface area contributed by atoms with Gasteiger partial charge < -0.3 is 9.80 Å². The second-order valence-corrected chi connectivity index (χ2v) is 7.36. The molecule has 1 heterocycles. The van der Waals surface area contributed by atoms with Gasteiger partial charge in [-0.05, 0) is 41.7 Å². The second-order valence-electron chi connectivity index (χ2n) is 7.36. The van der Waals surface area contributed by atoms with E-state index in [1.165, 1.54) is 16.8 Å². The molecule has 0 aliphatic carbocycles. The molecular weight excluding hydrogens is 322 g/mol. The highest BCUT2D eigenvalue weighted by Crippen LogP contribution is 2.16. The lowest BCUT2D eigenvalue weighted by atomic mass is 10.0. The fourth-order valence-corrected chi connectivity index (χ4v) is 3.45. The number of hydrogen-bond acceptors (Lipinski definition) is 3. The van der Waals surface area contributed by atoms with Gasteiger partial charge in [0.25, 0.3) is 0 Å². The van der Waals surface area contributed by atoms with Gasteiger partial charge in [0.1, 0.15) is 0 Å². The number of benzene rings is 2. The lowest BCUT2D eigenvalue weighted by Gasteiger charge is -2.24. The number of amides is 1. The minimum Gasteiger partial charge on any atom is -0.378 e. The Kier molecular flexibility index (Phi) is 5.94. The van der Waals surface area contributed by atoms with Crippen molar-refractivity contribution >= 4 is 11.6 Å². The molecule has 3 rings (SSSR count). The Bertz CT molecular complexity index is 712. The third-order valence-corrected chi connectivity index (χ3v) is 5.17. The predicted molar refractivity (Wildman–Crippen MR) is 108 cm³/mol. The molecule has 0 saturated carbocycles. The molecule has 0 bridgehead atoms. The molecule has 1 aliphatic rings. The molecule has 0 fully saturated rings. The summed E-state index contributed by atoms with van der Waals surface area (Å²) in [7, 11) is 5.96. The lowest BCUT2D eigenvalue weighted by Crippen LogP contribution is -2.39. The molecule has 0 aromatic heterocycles. The highest BCUT2D eigenvalue weighted by molar-refractivity contribution is 5.78. The summed E-state index contributed by atoms with van der Waals surface area (Å²) < 4.78 is 0. The van der Waals surface area contributed by atoms with E-state index in [1.54, 1.807) is 0 Å². The van der Waals surface area contributed by atoms with Gasteiger partial charge in [-0.2, -0.15) is 0 Å². The summed E-state index contributed by atoms with van der Waals surface area (Å²) in [6.45, 7) is 3.06. The van der Waals surface area contributed by atoms with E-state index in [0.29, 0.717) is 13.1 Å². The van der Waals surface area contributed by atoms with Crippen LogP contribution in [0.5, 0.6) is 0 Å². The first-order valence-electron chi connectivity index (χ1n) is 9.32. The topological polar surface area (TPSA) is 26.8 Å². The molecule has 1 aliphatic heterocycles. The summed E-state index contributed by atoms with van der Waals surface area (Å²) >= 11 is 0. The van der Waals surface area contributed by atoms with Crippen molar-refractivity contribution in [2.75, 3.05) is 45.7 Å². The summed E-state index contributed by atoms with van der Waals surface area (Å²) in [5.41, 5.74) is 5.19. The molecule has 0 unspecified atom stereocenters. The number of carbonyl (C=O) groups excluding carboxylic acids is 1. The van der Waals surface area contributed by atoms with Crippen molar-refractivity contribution in [1.82, 2.24) is 9.80 Å². The maximum absolute atomic E-state index is 12.7. The van der Waals surface area contributed by atoms with E-state index in [0.717, 1.165) is 31.5 Å². The van der Waals surface area contributed by atoms with Gasteiger partial charge in [0.15, 0.2) is 0 Å². The van der Waals surface area contributed by atoms with Gasteiger partial charge in [0.05, 0.1) is 6.54 Å². The largest absolute Gasteiger partial charge is 0.378 e. The molecular formula is C22H29N3O. The smallest absolute Gasteiger partial charge is 0.236 e. The molecule has 4 nitrogen and oxygen atoms in total. The second kappa shape index (κ2) is 8.37. The first-order chi connectivity index (χ1) is 12.5. The predicted octanol–water partition coefficient (Wildman–Crippen LogP) is 2.81. The van der Waals surface area contributed by atoms with E-state index in [1.807, 2.05) is 26.0 Å².